The highest BCUT2D eigenvalue weighted by Crippen LogP contribution is 2.03. The van der Waals surface area contributed by atoms with Gasteiger partial charge in [0.15, 0.2) is 0 Å². The quantitative estimate of drug-likeness (QED) is 0.613. The zero-order valence-corrected chi connectivity index (χ0v) is 14.5. The van der Waals surface area contributed by atoms with E-state index in [-0.39, 0.29) is 5.88 Å². The molecule has 0 saturated heterocycles. The highest BCUT2D eigenvalue weighted by atomic mass is 32.2. The molecule has 6 heteroatoms. The van der Waals surface area contributed by atoms with Crippen LogP contribution in [0, 0.1) is 0 Å². The Hall–Kier alpha value is -1.89. The van der Waals surface area contributed by atoms with Gasteiger partial charge in [0.1, 0.15) is 5.88 Å². The molecule has 0 aromatic heterocycles. The van der Waals surface area contributed by atoms with Gasteiger partial charge in [0.05, 0.1) is 0 Å². The first-order valence-electron chi connectivity index (χ1n) is 8.09. The Balaban J connectivity index is 1.54. The predicted octanol–water partition coefficient (Wildman–Crippen LogP) is 2.21. The molecule has 0 aliphatic heterocycles. The standard InChI is InChI=1S/C18H24N3O2S/c22-24(23,21-15-14-20-18-11-5-2-6-12-18)16-19-13-7-10-17-8-3-1-4-9-17/h1-6,8-9,11-12,20-21H,7,10,13-16H2. The Kier molecular flexibility index (Phi) is 7.74. The van der Waals surface area contributed by atoms with Gasteiger partial charge in [-0.15, -0.1) is 0 Å². The van der Waals surface area contributed by atoms with E-state index in [0.29, 0.717) is 19.6 Å². The van der Waals surface area contributed by atoms with Crippen LogP contribution in [0.4, 0.5) is 5.69 Å². The summed E-state index contributed by atoms with van der Waals surface area (Å²) in [4.78, 5) is 0. The van der Waals surface area contributed by atoms with Crippen LogP contribution in [0.25, 0.3) is 0 Å². The number of hydrogen-bond donors (Lipinski definition) is 2. The second-order valence-electron chi connectivity index (χ2n) is 5.47. The largest absolute Gasteiger partial charge is 0.384 e. The SMILES string of the molecule is O=S(=O)(C[N]CCCc1ccccc1)NCCNc1ccccc1. The van der Waals surface area contributed by atoms with Crippen LogP contribution in [0.5, 0.6) is 0 Å². The van der Waals surface area contributed by atoms with Crippen molar-refractivity contribution in [3.63, 3.8) is 0 Å². The fraction of sp³-hybridized carbons (Fsp3) is 0.333. The normalized spacial score (nSPS) is 11.3. The molecule has 0 aliphatic rings. The van der Waals surface area contributed by atoms with Crippen molar-refractivity contribution in [2.24, 2.45) is 0 Å². The third-order valence-electron chi connectivity index (χ3n) is 3.44. The van der Waals surface area contributed by atoms with E-state index in [9.17, 15) is 8.42 Å². The molecule has 2 rings (SSSR count). The lowest BCUT2D eigenvalue weighted by molar-refractivity contribution is 0.570. The summed E-state index contributed by atoms with van der Waals surface area (Å²) >= 11 is 0. The number of aryl methyl sites for hydroxylation is 1. The van der Waals surface area contributed by atoms with Gasteiger partial charge in [0, 0.05) is 25.3 Å². The fourth-order valence-corrected chi connectivity index (χ4v) is 3.11. The first-order chi connectivity index (χ1) is 11.7. The monoisotopic (exact) mass is 346 g/mol. The van der Waals surface area contributed by atoms with E-state index in [1.807, 2.05) is 48.5 Å². The molecule has 0 bridgehead atoms. The minimum Gasteiger partial charge on any atom is -0.384 e. The molecule has 2 aromatic rings. The van der Waals surface area contributed by atoms with Crippen molar-refractivity contribution < 1.29 is 8.42 Å². The van der Waals surface area contributed by atoms with Crippen molar-refractivity contribution in [1.29, 1.82) is 0 Å². The van der Waals surface area contributed by atoms with Crippen LogP contribution >= 0.6 is 0 Å². The molecule has 0 atom stereocenters. The smallest absolute Gasteiger partial charge is 0.226 e. The van der Waals surface area contributed by atoms with E-state index in [1.54, 1.807) is 0 Å². The molecule has 0 fully saturated rings. The molecule has 24 heavy (non-hydrogen) atoms. The van der Waals surface area contributed by atoms with Crippen LogP contribution in [0.15, 0.2) is 60.7 Å². The van der Waals surface area contributed by atoms with Gasteiger partial charge < -0.3 is 5.32 Å². The van der Waals surface area contributed by atoms with Crippen LogP contribution in [0.2, 0.25) is 0 Å². The second kappa shape index (κ2) is 10.1. The molecule has 5 nitrogen and oxygen atoms in total. The Morgan fingerprint density at radius 1 is 0.875 bits per heavy atom. The molecule has 129 valence electrons. The fourth-order valence-electron chi connectivity index (χ4n) is 2.24. The number of sulfonamides is 1. The van der Waals surface area contributed by atoms with Gasteiger partial charge in [-0.05, 0) is 30.5 Å². The Morgan fingerprint density at radius 2 is 1.54 bits per heavy atom. The highest BCUT2D eigenvalue weighted by Gasteiger charge is 2.09. The Bertz CT molecular complexity index is 676. The van der Waals surface area contributed by atoms with E-state index >= 15 is 0 Å². The average Bonchev–Trinajstić information content (AvgIpc) is 2.60. The van der Waals surface area contributed by atoms with Crippen LogP contribution in [0.3, 0.4) is 0 Å². The summed E-state index contributed by atoms with van der Waals surface area (Å²) in [6.07, 6.45) is 1.77. The molecule has 1 radical (unpaired) electrons. The van der Waals surface area contributed by atoms with E-state index in [0.717, 1.165) is 18.5 Å². The summed E-state index contributed by atoms with van der Waals surface area (Å²) in [7, 11) is -3.34. The molecule has 2 N–H and O–H groups in total. The predicted molar refractivity (Wildman–Crippen MR) is 98.5 cm³/mol. The maximum Gasteiger partial charge on any atom is 0.226 e. The minimum absolute atomic E-state index is 0.173. The molecule has 0 amide bonds. The van der Waals surface area contributed by atoms with Crippen molar-refractivity contribution in [2.45, 2.75) is 12.8 Å². The van der Waals surface area contributed by atoms with Crippen LogP contribution in [-0.2, 0) is 16.4 Å². The molecule has 0 saturated carbocycles. The van der Waals surface area contributed by atoms with Crippen LogP contribution < -0.4 is 15.4 Å². The number of nitrogens with zero attached hydrogens (tertiary/aromatic N) is 1. The zero-order valence-electron chi connectivity index (χ0n) is 13.7. The molecule has 0 heterocycles. The molecule has 0 spiro atoms. The molecular formula is C18H24N3O2S. The first-order valence-corrected chi connectivity index (χ1v) is 9.74. The topological polar surface area (TPSA) is 72.3 Å². The summed E-state index contributed by atoms with van der Waals surface area (Å²) < 4.78 is 26.2. The van der Waals surface area contributed by atoms with Gasteiger partial charge in [-0.3, -0.25) is 0 Å². The second-order valence-corrected chi connectivity index (χ2v) is 7.24. The summed E-state index contributed by atoms with van der Waals surface area (Å²) in [5, 5.41) is 7.28. The van der Waals surface area contributed by atoms with Gasteiger partial charge in [-0.25, -0.2) is 18.5 Å². The lowest BCUT2D eigenvalue weighted by Gasteiger charge is -2.09. The van der Waals surface area contributed by atoms with E-state index < -0.39 is 10.0 Å². The maximum atomic E-state index is 11.8. The highest BCUT2D eigenvalue weighted by molar-refractivity contribution is 7.89. The summed E-state index contributed by atoms with van der Waals surface area (Å²) in [5.74, 6) is -0.173. The molecule has 0 unspecified atom stereocenters. The average molecular weight is 346 g/mol. The summed E-state index contributed by atoms with van der Waals surface area (Å²) in [6, 6.07) is 19.8. The molecule has 0 aliphatic carbocycles. The number of hydrogen-bond acceptors (Lipinski definition) is 3. The number of nitrogens with one attached hydrogen (secondary N) is 2. The van der Waals surface area contributed by atoms with E-state index in [1.165, 1.54) is 5.56 Å². The van der Waals surface area contributed by atoms with Crippen LogP contribution in [0.1, 0.15) is 12.0 Å². The summed E-state index contributed by atoms with van der Waals surface area (Å²) in [5.41, 5.74) is 2.22. The number of anilines is 1. The van der Waals surface area contributed by atoms with Gasteiger partial charge >= 0.3 is 0 Å². The van der Waals surface area contributed by atoms with E-state index in [2.05, 4.69) is 27.5 Å². The van der Waals surface area contributed by atoms with Crippen molar-refractivity contribution in [3.8, 4) is 0 Å². The zero-order chi connectivity index (χ0) is 17.1. The molecular weight excluding hydrogens is 322 g/mol. The number of para-hydroxylation sites is 1. The summed E-state index contributed by atoms with van der Waals surface area (Å²) in [6.45, 7) is 1.44. The van der Waals surface area contributed by atoms with Crippen LogP contribution in [-0.4, -0.2) is 33.9 Å². The molecule has 2 aromatic carbocycles. The third kappa shape index (κ3) is 7.59. The lowest BCUT2D eigenvalue weighted by Crippen LogP contribution is -2.34. The lowest BCUT2D eigenvalue weighted by atomic mass is 10.1. The van der Waals surface area contributed by atoms with Gasteiger partial charge in [0.25, 0.3) is 0 Å². The number of rotatable bonds is 11. The van der Waals surface area contributed by atoms with Crippen molar-refractivity contribution >= 4 is 15.7 Å². The third-order valence-corrected chi connectivity index (χ3v) is 4.60. The van der Waals surface area contributed by atoms with Crippen molar-refractivity contribution in [2.75, 3.05) is 30.8 Å². The van der Waals surface area contributed by atoms with Gasteiger partial charge in [0.2, 0.25) is 10.0 Å². The minimum atomic E-state index is -3.34. The number of benzene rings is 2. The first kappa shape index (κ1) is 18.4. The maximum absolute atomic E-state index is 11.8. The van der Waals surface area contributed by atoms with E-state index in [4.69, 9.17) is 0 Å². The van der Waals surface area contributed by atoms with Gasteiger partial charge in [-0.1, -0.05) is 48.5 Å². The van der Waals surface area contributed by atoms with Crippen molar-refractivity contribution in [1.82, 2.24) is 10.0 Å². The van der Waals surface area contributed by atoms with Crippen molar-refractivity contribution in [3.05, 3.63) is 66.2 Å². The van der Waals surface area contributed by atoms with Gasteiger partial charge in [-0.2, -0.15) is 0 Å². The Morgan fingerprint density at radius 3 is 2.25 bits per heavy atom. The Labute approximate surface area is 144 Å².